The maximum atomic E-state index is 12.7. The second-order valence-electron chi connectivity index (χ2n) is 4.87. The van der Waals surface area contributed by atoms with E-state index in [-0.39, 0.29) is 5.78 Å². The molecule has 4 heteroatoms. The quantitative estimate of drug-likeness (QED) is 0.749. The van der Waals surface area contributed by atoms with Crippen LogP contribution in [0.3, 0.4) is 0 Å². The predicted molar refractivity (Wildman–Crippen MR) is 69.5 cm³/mol. The van der Waals surface area contributed by atoms with E-state index in [1.165, 1.54) is 6.07 Å². The Morgan fingerprint density at radius 3 is 2.40 bits per heavy atom. The Hall–Kier alpha value is -2.10. The monoisotopic (exact) mass is 276 g/mol. The molecular formula is C16H11F3O. The fourth-order valence-corrected chi connectivity index (χ4v) is 2.51. The molecule has 2 aromatic rings. The Morgan fingerprint density at radius 1 is 0.900 bits per heavy atom. The molecule has 2 aromatic carbocycles. The Morgan fingerprint density at radius 2 is 1.65 bits per heavy atom. The zero-order valence-electron chi connectivity index (χ0n) is 10.5. The summed E-state index contributed by atoms with van der Waals surface area (Å²) in [4.78, 5) is 11.6. The molecule has 0 unspecified atom stereocenters. The number of alkyl halides is 3. The number of ketones is 1. The first-order valence-corrected chi connectivity index (χ1v) is 6.29. The number of carbonyl (C=O) groups is 1. The van der Waals surface area contributed by atoms with Crippen LogP contribution in [0.5, 0.6) is 0 Å². The van der Waals surface area contributed by atoms with Gasteiger partial charge in [0, 0.05) is 12.0 Å². The van der Waals surface area contributed by atoms with Gasteiger partial charge in [0.1, 0.15) is 0 Å². The average Bonchev–Trinajstić information content (AvgIpc) is 2.79. The van der Waals surface area contributed by atoms with Crippen molar-refractivity contribution in [2.24, 2.45) is 0 Å². The Labute approximate surface area is 114 Å². The Kier molecular flexibility index (Phi) is 2.89. The summed E-state index contributed by atoms with van der Waals surface area (Å²) in [7, 11) is 0. The smallest absolute Gasteiger partial charge is 0.294 e. The fourth-order valence-electron chi connectivity index (χ4n) is 2.51. The van der Waals surface area contributed by atoms with Gasteiger partial charge >= 0.3 is 6.18 Å². The minimum atomic E-state index is -4.34. The van der Waals surface area contributed by atoms with E-state index in [1.54, 1.807) is 18.2 Å². The fraction of sp³-hybridized carbons (Fsp3) is 0.188. The molecule has 0 spiro atoms. The van der Waals surface area contributed by atoms with Crippen LogP contribution in [-0.4, -0.2) is 5.78 Å². The number of benzene rings is 2. The van der Waals surface area contributed by atoms with Crippen LogP contribution >= 0.6 is 0 Å². The van der Waals surface area contributed by atoms with Gasteiger partial charge in [-0.25, -0.2) is 0 Å². The summed E-state index contributed by atoms with van der Waals surface area (Å²) < 4.78 is 38.1. The Bertz CT molecular complexity index is 686. The van der Waals surface area contributed by atoms with Crippen LogP contribution in [0.25, 0.3) is 11.1 Å². The van der Waals surface area contributed by atoms with Crippen LogP contribution < -0.4 is 0 Å². The molecule has 1 aliphatic carbocycles. The summed E-state index contributed by atoms with van der Waals surface area (Å²) in [5.41, 5.74) is 2.18. The topological polar surface area (TPSA) is 17.1 Å². The van der Waals surface area contributed by atoms with Gasteiger partial charge in [-0.1, -0.05) is 30.3 Å². The average molecular weight is 276 g/mol. The molecule has 20 heavy (non-hydrogen) atoms. The minimum absolute atomic E-state index is 0.107. The molecule has 102 valence electrons. The number of rotatable bonds is 1. The van der Waals surface area contributed by atoms with Crippen molar-refractivity contribution in [3.05, 3.63) is 59.2 Å². The van der Waals surface area contributed by atoms with Gasteiger partial charge in [0.25, 0.3) is 0 Å². The highest BCUT2D eigenvalue weighted by atomic mass is 19.4. The maximum Gasteiger partial charge on any atom is 0.416 e. The molecule has 0 radical (unpaired) electrons. The van der Waals surface area contributed by atoms with Gasteiger partial charge in [-0.3, -0.25) is 4.79 Å². The number of carbonyl (C=O) groups excluding carboxylic acids is 1. The van der Waals surface area contributed by atoms with Crippen molar-refractivity contribution in [2.45, 2.75) is 19.0 Å². The third-order valence-electron chi connectivity index (χ3n) is 3.55. The minimum Gasteiger partial charge on any atom is -0.294 e. The van der Waals surface area contributed by atoms with Crippen molar-refractivity contribution in [2.75, 3.05) is 0 Å². The molecule has 0 aliphatic heterocycles. The summed E-state index contributed by atoms with van der Waals surface area (Å²) in [6.07, 6.45) is -3.19. The molecule has 3 rings (SSSR count). The molecule has 0 fully saturated rings. The summed E-state index contributed by atoms with van der Waals surface area (Å²) in [5, 5.41) is 0. The standard InChI is InChI=1S/C16H11F3O/c17-16(18,19)13-3-1-2-10(9-13)11-4-6-14-12(8-11)5-7-15(14)20/h1-4,6,8-9H,5,7H2. The largest absolute Gasteiger partial charge is 0.416 e. The number of hydrogen-bond donors (Lipinski definition) is 0. The highest BCUT2D eigenvalue weighted by molar-refractivity contribution is 6.00. The van der Waals surface area contributed by atoms with Crippen molar-refractivity contribution in [1.82, 2.24) is 0 Å². The van der Waals surface area contributed by atoms with Crippen molar-refractivity contribution < 1.29 is 18.0 Å². The number of halogens is 3. The van der Waals surface area contributed by atoms with Gasteiger partial charge in [-0.15, -0.1) is 0 Å². The third kappa shape index (κ3) is 2.22. The van der Waals surface area contributed by atoms with Crippen LogP contribution in [0.1, 0.15) is 27.9 Å². The molecule has 1 aliphatic rings. The highest BCUT2D eigenvalue weighted by Gasteiger charge is 2.30. The lowest BCUT2D eigenvalue weighted by atomic mass is 9.99. The molecule has 0 heterocycles. The molecule has 0 N–H and O–H groups in total. The Balaban J connectivity index is 2.04. The van der Waals surface area contributed by atoms with E-state index in [4.69, 9.17) is 0 Å². The normalized spacial score (nSPS) is 14.4. The lowest BCUT2D eigenvalue weighted by Crippen LogP contribution is -2.04. The molecule has 0 aromatic heterocycles. The van der Waals surface area contributed by atoms with E-state index in [1.807, 2.05) is 6.07 Å². The van der Waals surface area contributed by atoms with Gasteiger partial charge in [0.15, 0.2) is 5.78 Å². The molecule has 1 nitrogen and oxygen atoms in total. The molecule has 0 bridgehead atoms. The summed E-state index contributed by atoms with van der Waals surface area (Å²) in [5.74, 6) is 0.107. The maximum absolute atomic E-state index is 12.7. The zero-order valence-corrected chi connectivity index (χ0v) is 10.5. The molecule has 0 amide bonds. The second kappa shape index (κ2) is 4.47. The van der Waals surface area contributed by atoms with Gasteiger partial charge in [0.2, 0.25) is 0 Å². The third-order valence-corrected chi connectivity index (χ3v) is 3.55. The van der Waals surface area contributed by atoms with Crippen molar-refractivity contribution >= 4 is 5.78 Å². The predicted octanol–water partition coefficient (Wildman–Crippen LogP) is 4.50. The first kappa shape index (κ1) is 12.9. The van der Waals surface area contributed by atoms with E-state index in [0.29, 0.717) is 29.5 Å². The second-order valence-corrected chi connectivity index (χ2v) is 4.87. The van der Waals surface area contributed by atoms with Crippen LogP contribution in [0.2, 0.25) is 0 Å². The van der Waals surface area contributed by atoms with Crippen molar-refractivity contribution in [1.29, 1.82) is 0 Å². The SMILES string of the molecule is O=C1CCc2cc(-c3cccc(C(F)(F)F)c3)ccc21. The molecule has 0 atom stereocenters. The van der Waals surface area contributed by atoms with Gasteiger partial charge in [0.05, 0.1) is 5.56 Å². The first-order chi connectivity index (χ1) is 9.45. The molecule has 0 saturated heterocycles. The zero-order chi connectivity index (χ0) is 14.3. The van der Waals surface area contributed by atoms with Crippen LogP contribution in [0, 0.1) is 0 Å². The number of aryl methyl sites for hydroxylation is 1. The van der Waals surface area contributed by atoms with Crippen LogP contribution in [-0.2, 0) is 12.6 Å². The summed E-state index contributed by atoms with van der Waals surface area (Å²) in [6.45, 7) is 0. The van der Waals surface area contributed by atoms with Gasteiger partial charge in [-0.2, -0.15) is 13.2 Å². The van der Waals surface area contributed by atoms with Crippen molar-refractivity contribution in [3.63, 3.8) is 0 Å². The summed E-state index contributed by atoms with van der Waals surface area (Å²) in [6, 6.07) is 10.5. The van der Waals surface area contributed by atoms with E-state index in [9.17, 15) is 18.0 Å². The van der Waals surface area contributed by atoms with Gasteiger partial charge in [-0.05, 0) is 35.2 Å². The molecule has 0 saturated carbocycles. The highest BCUT2D eigenvalue weighted by Crippen LogP contribution is 2.33. The molecular weight excluding hydrogens is 265 g/mol. The van der Waals surface area contributed by atoms with Crippen LogP contribution in [0.4, 0.5) is 13.2 Å². The van der Waals surface area contributed by atoms with Crippen molar-refractivity contribution in [3.8, 4) is 11.1 Å². The van der Waals surface area contributed by atoms with Crippen LogP contribution in [0.15, 0.2) is 42.5 Å². The van der Waals surface area contributed by atoms with E-state index in [0.717, 1.165) is 17.7 Å². The number of fused-ring (bicyclic) bond motifs is 1. The number of hydrogen-bond acceptors (Lipinski definition) is 1. The van der Waals surface area contributed by atoms with E-state index in [2.05, 4.69) is 0 Å². The lowest BCUT2D eigenvalue weighted by molar-refractivity contribution is -0.137. The lowest BCUT2D eigenvalue weighted by Gasteiger charge is -2.09. The van der Waals surface area contributed by atoms with E-state index >= 15 is 0 Å². The number of Topliss-reactive ketones (excluding diaryl/α,β-unsaturated/α-hetero) is 1. The first-order valence-electron chi connectivity index (χ1n) is 6.29. The van der Waals surface area contributed by atoms with E-state index < -0.39 is 11.7 Å². The van der Waals surface area contributed by atoms with Gasteiger partial charge < -0.3 is 0 Å². The summed E-state index contributed by atoms with van der Waals surface area (Å²) >= 11 is 0.